The van der Waals surface area contributed by atoms with Gasteiger partial charge >= 0.3 is 0 Å². The van der Waals surface area contributed by atoms with E-state index in [2.05, 4.69) is 26.1 Å². The van der Waals surface area contributed by atoms with Crippen LogP contribution in [0, 0.1) is 5.92 Å². The third-order valence-corrected chi connectivity index (χ3v) is 2.54. The van der Waals surface area contributed by atoms with Gasteiger partial charge in [0.2, 0.25) is 0 Å². The Morgan fingerprint density at radius 3 is 2.27 bits per heavy atom. The zero-order valence-corrected chi connectivity index (χ0v) is 10.3. The van der Waals surface area contributed by atoms with E-state index >= 15 is 0 Å². The Labute approximate surface area is 92.0 Å². The zero-order valence-electron chi connectivity index (χ0n) is 10.3. The van der Waals surface area contributed by atoms with E-state index in [0.717, 1.165) is 19.5 Å². The van der Waals surface area contributed by atoms with E-state index < -0.39 is 6.43 Å². The summed E-state index contributed by atoms with van der Waals surface area (Å²) >= 11 is 0. The first-order chi connectivity index (χ1) is 6.99. The lowest BCUT2D eigenvalue weighted by atomic mass is 10.0. The van der Waals surface area contributed by atoms with Gasteiger partial charge in [0.1, 0.15) is 0 Å². The Morgan fingerprint density at radius 1 is 1.27 bits per heavy atom. The van der Waals surface area contributed by atoms with Gasteiger partial charge in [0.05, 0.1) is 6.54 Å². The molecule has 0 spiro atoms. The lowest BCUT2D eigenvalue weighted by Gasteiger charge is -2.31. The summed E-state index contributed by atoms with van der Waals surface area (Å²) in [4.78, 5) is 1.75. The van der Waals surface area contributed by atoms with Crippen molar-refractivity contribution in [2.24, 2.45) is 5.92 Å². The molecule has 0 aliphatic heterocycles. The topological polar surface area (TPSA) is 15.3 Å². The number of nitrogens with zero attached hydrogens (tertiary/aromatic N) is 1. The van der Waals surface area contributed by atoms with Gasteiger partial charge in [-0.2, -0.15) is 0 Å². The first kappa shape index (κ1) is 14.8. The molecule has 0 bridgehead atoms. The standard InChI is InChI=1S/C11H24F2N2/c1-5-6-14-7-10(9(2)3)15(4)8-11(12)13/h9-11,14H,5-8H2,1-4H3. The van der Waals surface area contributed by atoms with Crippen LogP contribution in [0.5, 0.6) is 0 Å². The van der Waals surface area contributed by atoms with Crippen LogP contribution in [0.15, 0.2) is 0 Å². The minimum atomic E-state index is -2.25. The van der Waals surface area contributed by atoms with E-state index in [-0.39, 0.29) is 12.6 Å². The van der Waals surface area contributed by atoms with Crippen LogP contribution in [-0.2, 0) is 0 Å². The summed E-state index contributed by atoms with van der Waals surface area (Å²) in [6.07, 6.45) is -1.17. The Morgan fingerprint density at radius 2 is 1.87 bits per heavy atom. The van der Waals surface area contributed by atoms with E-state index in [4.69, 9.17) is 0 Å². The first-order valence-electron chi connectivity index (χ1n) is 5.68. The highest BCUT2D eigenvalue weighted by atomic mass is 19.3. The average molecular weight is 222 g/mol. The highest BCUT2D eigenvalue weighted by Crippen LogP contribution is 2.10. The van der Waals surface area contributed by atoms with Gasteiger partial charge in [-0.1, -0.05) is 20.8 Å². The van der Waals surface area contributed by atoms with Gasteiger partial charge in [-0.3, -0.25) is 4.90 Å². The van der Waals surface area contributed by atoms with Crippen molar-refractivity contribution in [3.63, 3.8) is 0 Å². The normalized spacial score (nSPS) is 14.2. The van der Waals surface area contributed by atoms with Crippen LogP contribution in [0.2, 0.25) is 0 Å². The minimum absolute atomic E-state index is 0.142. The molecule has 92 valence electrons. The summed E-state index contributed by atoms with van der Waals surface area (Å²) in [6.45, 7) is 7.83. The molecule has 4 heteroatoms. The number of hydrogen-bond donors (Lipinski definition) is 1. The summed E-state index contributed by atoms with van der Waals surface area (Å²) in [5, 5.41) is 3.28. The summed E-state index contributed by atoms with van der Waals surface area (Å²) in [5.74, 6) is 0.387. The second kappa shape index (κ2) is 7.99. The number of rotatable bonds is 8. The Balaban J connectivity index is 4.01. The molecule has 0 aromatic heterocycles. The van der Waals surface area contributed by atoms with Crippen molar-refractivity contribution in [3.8, 4) is 0 Å². The fourth-order valence-corrected chi connectivity index (χ4v) is 1.68. The molecule has 15 heavy (non-hydrogen) atoms. The second-order valence-corrected chi connectivity index (χ2v) is 4.35. The van der Waals surface area contributed by atoms with E-state index in [1.165, 1.54) is 0 Å². The van der Waals surface area contributed by atoms with E-state index in [1.54, 1.807) is 11.9 Å². The quantitative estimate of drug-likeness (QED) is 0.633. The highest BCUT2D eigenvalue weighted by Gasteiger charge is 2.20. The first-order valence-corrected chi connectivity index (χ1v) is 5.68. The molecule has 0 rings (SSSR count). The lowest BCUT2D eigenvalue weighted by molar-refractivity contribution is 0.0687. The molecule has 0 aliphatic rings. The molecule has 0 saturated carbocycles. The van der Waals surface area contributed by atoms with Gasteiger partial charge in [0.25, 0.3) is 6.43 Å². The molecule has 1 atom stereocenters. The van der Waals surface area contributed by atoms with Gasteiger partial charge in [-0.25, -0.2) is 8.78 Å². The molecule has 0 saturated heterocycles. The maximum Gasteiger partial charge on any atom is 0.251 e. The summed E-state index contributed by atoms with van der Waals surface area (Å²) < 4.78 is 24.5. The maximum absolute atomic E-state index is 12.2. The van der Waals surface area contributed by atoms with Crippen LogP contribution in [0.3, 0.4) is 0 Å². The van der Waals surface area contributed by atoms with Crippen molar-refractivity contribution < 1.29 is 8.78 Å². The molecule has 1 N–H and O–H groups in total. The van der Waals surface area contributed by atoms with Crippen LogP contribution in [0.4, 0.5) is 8.78 Å². The fraction of sp³-hybridized carbons (Fsp3) is 1.00. The summed E-state index contributed by atoms with van der Waals surface area (Å²) in [5.41, 5.74) is 0. The van der Waals surface area contributed by atoms with Gasteiger partial charge in [-0.05, 0) is 25.9 Å². The predicted molar refractivity (Wildman–Crippen MR) is 60.4 cm³/mol. The number of alkyl halides is 2. The van der Waals surface area contributed by atoms with Crippen molar-refractivity contribution in [2.75, 3.05) is 26.7 Å². The number of nitrogens with one attached hydrogen (secondary N) is 1. The third kappa shape index (κ3) is 6.79. The smallest absolute Gasteiger partial charge is 0.251 e. The zero-order chi connectivity index (χ0) is 11.8. The van der Waals surface area contributed by atoms with Crippen molar-refractivity contribution in [2.45, 2.75) is 39.7 Å². The molecule has 2 nitrogen and oxygen atoms in total. The average Bonchev–Trinajstić information content (AvgIpc) is 2.10. The van der Waals surface area contributed by atoms with Gasteiger partial charge in [0, 0.05) is 12.6 Å². The maximum atomic E-state index is 12.2. The molecule has 0 aliphatic carbocycles. The number of halogens is 2. The van der Waals surface area contributed by atoms with Crippen molar-refractivity contribution in [1.82, 2.24) is 10.2 Å². The van der Waals surface area contributed by atoms with Crippen LogP contribution in [0.25, 0.3) is 0 Å². The Hall–Kier alpha value is -0.220. The van der Waals surface area contributed by atoms with E-state index in [0.29, 0.717) is 5.92 Å². The lowest BCUT2D eigenvalue weighted by Crippen LogP contribution is -2.45. The highest BCUT2D eigenvalue weighted by molar-refractivity contribution is 4.75. The molecule has 0 radical (unpaired) electrons. The largest absolute Gasteiger partial charge is 0.315 e. The molecule has 0 aromatic rings. The van der Waals surface area contributed by atoms with Gasteiger partial charge in [0.15, 0.2) is 0 Å². The number of hydrogen-bond acceptors (Lipinski definition) is 2. The molecular formula is C11H24F2N2. The van der Waals surface area contributed by atoms with Crippen LogP contribution in [-0.4, -0.2) is 44.0 Å². The van der Waals surface area contributed by atoms with E-state index in [1.807, 2.05) is 0 Å². The van der Waals surface area contributed by atoms with E-state index in [9.17, 15) is 8.78 Å². The van der Waals surface area contributed by atoms with Gasteiger partial charge in [-0.15, -0.1) is 0 Å². The summed E-state index contributed by atoms with van der Waals surface area (Å²) in [6, 6.07) is 0.186. The van der Waals surface area contributed by atoms with Crippen LogP contribution >= 0.6 is 0 Å². The van der Waals surface area contributed by atoms with Gasteiger partial charge < -0.3 is 5.32 Å². The molecular weight excluding hydrogens is 198 g/mol. The third-order valence-electron chi connectivity index (χ3n) is 2.54. The van der Waals surface area contributed by atoms with Crippen LogP contribution in [0.1, 0.15) is 27.2 Å². The molecule has 0 heterocycles. The second-order valence-electron chi connectivity index (χ2n) is 4.35. The Bertz CT molecular complexity index is 152. The molecule has 0 fully saturated rings. The SMILES string of the molecule is CCCNCC(C(C)C)N(C)CC(F)F. The molecule has 0 amide bonds. The fourth-order valence-electron chi connectivity index (χ4n) is 1.68. The predicted octanol–water partition coefficient (Wildman–Crippen LogP) is 2.21. The Kier molecular flexibility index (Phi) is 7.88. The van der Waals surface area contributed by atoms with Crippen molar-refractivity contribution >= 4 is 0 Å². The van der Waals surface area contributed by atoms with Crippen LogP contribution < -0.4 is 5.32 Å². The molecule has 0 aromatic carbocycles. The molecule has 1 unspecified atom stereocenters. The monoisotopic (exact) mass is 222 g/mol. The van der Waals surface area contributed by atoms with Crippen molar-refractivity contribution in [3.05, 3.63) is 0 Å². The van der Waals surface area contributed by atoms with Crippen molar-refractivity contribution in [1.29, 1.82) is 0 Å². The number of likely N-dealkylation sites (N-methyl/N-ethyl adjacent to an activating group) is 1. The summed E-state index contributed by atoms with van der Waals surface area (Å²) in [7, 11) is 1.77. The minimum Gasteiger partial charge on any atom is -0.315 e.